The van der Waals surface area contributed by atoms with Crippen molar-refractivity contribution in [2.24, 2.45) is 0 Å². The van der Waals surface area contributed by atoms with Gasteiger partial charge in [0.05, 0.1) is 0 Å². The van der Waals surface area contributed by atoms with Gasteiger partial charge < -0.3 is 15.1 Å². The van der Waals surface area contributed by atoms with E-state index >= 15 is 0 Å². The monoisotopic (exact) mass is 215 g/mol. The molecule has 0 aromatic heterocycles. The molecule has 0 spiro atoms. The lowest BCUT2D eigenvalue weighted by atomic mass is 10.3. The molecule has 0 fully saturated rings. The standard InChI is InChI=1S/C6H15ClNO3P/c7-3-5-8-4-1-2-6-12(9,10)11/h8H,1-6H2,(H2,9,10,11). The number of hydrogen-bond donors (Lipinski definition) is 3. The molecule has 6 heteroatoms. The van der Waals surface area contributed by atoms with Gasteiger partial charge in [0.15, 0.2) is 0 Å². The third kappa shape index (κ3) is 10.4. The molecule has 0 aliphatic carbocycles. The molecule has 0 heterocycles. The second kappa shape index (κ2) is 6.87. The first-order valence-corrected chi connectivity index (χ1v) is 6.21. The van der Waals surface area contributed by atoms with Crippen molar-refractivity contribution in [2.45, 2.75) is 12.8 Å². The van der Waals surface area contributed by atoms with Crippen LogP contribution in [-0.2, 0) is 4.57 Å². The molecule has 0 saturated carbocycles. The van der Waals surface area contributed by atoms with E-state index in [0.717, 1.165) is 19.5 Å². The minimum atomic E-state index is -3.78. The second-order valence-corrected chi connectivity index (χ2v) is 4.69. The number of rotatable bonds is 7. The molecule has 0 aliphatic rings. The molecule has 74 valence electrons. The van der Waals surface area contributed by atoms with Gasteiger partial charge in [0, 0.05) is 18.6 Å². The highest BCUT2D eigenvalue weighted by atomic mass is 35.5. The van der Waals surface area contributed by atoms with Crippen molar-refractivity contribution in [3.05, 3.63) is 0 Å². The summed E-state index contributed by atoms with van der Waals surface area (Å²) in [7, 11) is -3.78. The molecule has 0 amide bonds. The number of alkyl halides is 1. The van der Waals surface area contributed by atoms with Crippen LogP contribution in [0.4, 0.5) is 0 Å². The zero-order valence-corrected chi connectivity index (χ0v) is 8.52. The van der Waals surface area contributed by atoms with Crippen LogP contribution in [0.3, 0.4) is 0 Å². The fraction of sp³-hybridized carbons (Fsp3) is 1.00. The Kier molecular flexibility index (Phi) is 7.10. The first-order chi connectivity index (χ1) is 5.56. The van der Waals surface area contributed by atoms with Crippen molar-refractivity contribution >= 4 is 19.2 Å². The van der Waals surface area contributed by atoms with E-state index < -0.39 is 7.60 Å². The van der Waals surface area contributed by atoms with Crippen LogP contribution in [0.1, 0.15) is 12.8 Å². The second-order valence-electron chi connectivity index (χ2n) is 2.53. The number of unbranched alkanes of at least 4 members (excludes halogenated alkanes) is 1. The van der Waals surface area contributed by atoms with Crippen molar-refractivity contribution in [1.82, 2.24) is 5.32 Å². The van der Waals surface area contributed by atoms with E-state index in [1.165, 1.54) is 0 Å². The normalized spacial score (nSPS) is 11.9. The van der Waals surface area contributed by atoms with E-state index in [4.69, 9.17) is 21.4 Å². The summed E-state index contributed by atoms with van der Waals surface area (Å²) >= 11 is 5.40. The quantitative estimate of drug-likeness (QED) is 0.333. The van der Waals surface area contributed by atoms with Gasteiger partial charge in [-0.3, -0.25) is 4.57 Å². The zero-order valence-electron chi connectivity index (χ0n) is 6.87. The van der Waals surface area contributed by atoms with Gasteiger partial charge in [-0.1, -0.05) is 0 Å². The lowest BCUT2D eigenvalue weighted by Crippen LogP contribution is -2.17. The van der Waals surface area contributed by atoms with Crippen LogP contribution in [0.25, 0.3) is 0 Å². The van der Waals surface area contributed by atoms with Crippen LogP contribution >= 0.6 is 19.2 Å². The molecule has 12 heavy (non-hydrogen) atoms. The zero-order chi connectivity index (χ0) is 9.45. The summed E-state index contributed by atoms with van der Waals surface area (Å²) in [6.45, 7) is 1.52. The smallest absolute Gasteiger partial charge is 0.324 e. The molecule has 0 atom stereocenters. The Balaban J connectivity index is 3.06. The molecule has 0 radical (unpaired) electrons. The van der Waals surface area contributed by atoms with Crippen LogP contribution in [0, 0.1) is 0 Å². The summed E-state index contributed by atoms with van der Waals surface area (Å²) in [5.74, 6) is 0.568. The SMILES string of the molecule is O=P(O)(O)CCCCNCCCl. The molecule has 0 bridgehead atoms. The van der Waals surface area contributed by atoms with E-state index in [1.807, 2.05) is 0 Å². The summed E-state index contributed by atoms with van der Waals surface area (Å²) in [5.41, 5.74) is 0. The van der Waals surface area contributed by atoms with Gasteiger partial charge in [0.25, 0.3) is 0 Å². The molecule has 0 rings (SSSR count). The molecule has 4 nitrogen and oxygen atoms in total. The average Bonchev–Trinajstić information content (AvgIpc) is 1.94. The van der Waals surface area contributed by atoms with E-state index in [2.05, 4.69) is 5.32 Å². The Morgan fingerprint density at radius 1 is 1.25 bits per heavy atom. The lowest BCUT2D eigenvalue weighted by Gasteiger charge is -2.03. The molecule has 0 saturated heterocycles. The summed E-state index contributed by atoms with van der Waals surface area (Å²) in [5, 5.41) is 3.04. The summed E-state index contributed by atoms with van der Waals surface area (Å²) in [6.07, 6.45) is 1.32. The fourth-order valence-electron chi connectivity index (χ4n) is 0.760. The number of halogens is 1. The fourth-order valence-corrected chi connectivity index (χ4v) is 1.53. The molecular formula is C6H15ClNO3P. The van der Waals surface area contributed by atoms with Gasteiger partial charge in [-0.25, -0.2) is 0 Å². The van der Waals surface area contributed by atoms with E-state index in [9.17, 15) is 4.57 Å². The number of hydrogen-bond acceptors (Lipinski definition) is 2. The van der Waals surface area contributed by atoms with Crippen molar-refractivity contribution in [1.29, 1.82) is 0 Å². The molecule has 0 aromatic carbocycles. The van der Waals surface area contributed by atoms with Gasteiger partial charge in [-0.05, 0) is 19.4 Å². The molecular weight excluding hydrogens is 200 g/mol. The van der Waals surface area contributed by atoms with E-state index in [-0.39, 0.29) is 6.16 Å². The Labute approximate surface area is 77.5 Å². The van der Waals surface area contributed by atoms with Gasteiger partial charge >= 0.3 is 7.60 Å². The Morgan fingerprint density at radius 2 is 1.92 bits per heavy atom. The maximum atomic E-state index is 10.4. The molecule has 0 aromatic rings. The minimum absolute atomic E-state index is 0.0183. The third-order valence-corrected chi connectivity index (χ3v) is 2.41. The van der Waals surface area contributed by atoms with Crippen molar-refractivity contribution < 1.29 is 14.4 Å². The van der Waals surface area contributed by atoms with Crippen LogP contribution in [0.2, 0.25) is 0 Å². The first-order valence-electron chi connectivity index (χ1n) is 3.87. The van der Waals surface area contributed by atoms with Crippen molar-refractivity contribution in [3.8, 4) is 0 Å². The van der Waals surface area contributed by atoms with Crippen LogP contribution < -0.4 is 5.32 Å². The van der Waals surface area contributed by atoms with Crippen LogP contribution in [0.15, 0.2) is 0 Å². The van der Waals surface area contributed by atoms with Crippen LogP contribution in [0.5, 0.6) is 0 Å². The van der Waals surface area contributed by atoms with E-state index in [1.54, 1.807) is 0 Å². The minimum Gasteiger partial charge on any atom is -0.324 e. The topological polar surface area (TPSA) is 69.6 Å². The maximum absolute atomic E-state index is 10.4. The molecule has 0 unspecified atom stereocenters. The van der Waals surface area contributed by atoms with Crippen molar-refractivity contribution in [3.63, 3.8) is 0 Å². The predicted octanol–water partition coefficient (Wildman–Crippen LogP) is 0.773. The van der Waals surface area contributed by atoms with Crippen LogP contribution in [-0.4, -0.2) is 34.9 Å². The summed E-state index contributed by atoms with van der Waals surface area (Å²) in [4.78, 5) is 17.0. The Morgan fingerprint density at radius 3 is 2.42 bits per heavy atom. The van der Waals surface area contributed by atoms with Gasteiger partial charge in [0.2, 0.25) is 0 Å². The Hall–Kier alpha value is 0.400. The number of nitrogens with one attached hydrogen (secondary N) is 1. The molecule has 0 aliphatic heterocycles. The highest BCUT2D eigenvalue weighted by Crippen LogP contribution is 2.35. The van der Waals surface area contributed by atoms with Crippen molar-refractivity contribution in [2.75, 3.05) is 25.1 Å². The highest BCUT2D eigenvalue weighted by Gasteiger charge is 2.10. The Bertz CT molecular complexity index is 150. The highest BCUT2D eigenvalue weighted by molar-refractivity contribution is 7.51. The molecule has 3 N–H and O–H groups in total. The predicted molar refractivity (Wildman–Crippen MR) is 49.7 cm³/mol. The van der Waals surface area contributed by atoms with Gasteiger partial charge in [-0.2, -0.15) is 0 Å². The lowest BCUT2D eigenvalue weighted by molar-refractivity contribution is 0.371. The summed E-state index contributed by atoms with van der Waals surface area (Å²) in [6, 6.07) is 0. The first kappa shape index (κ1) is 12.4. The van der Waals surface area contributed by atoms with E-state index in [0.29, 0.717) is 12.3 Å². The largest absolute Gasteiger partial charge is 0.325 e. The summed E-state index contributed by atoms with van der Waals surface area (Å²) < 4.78 is 10.4. The maximum Gasteiger partial charge on any atom is 0.325 e. The third-order valence-electron chi connectivity index (χ3n) is 1.32. The van der Waals surface area contributed by atoms with Gasteiger partial charge in [0.1, 0.15) is 0 Å². The average molecular weight is 216 g/mol. The van der Waals surface area contributed by atoms with Gasteiger partial charge in [-0.15, -0.1) is 11.6 Å².